The van der Waals surface area contributed by atoms with Gasteiger partial charge in [-0.1, -0.05) is 17.7 Å². The van der Waals surface area contributed by atoms with Crippen LogP contribution in [0.4, 0.5) is 0 Å². The Hall–Kier alpha value is -1.84. The van der Waals surface area contributed by atoms with Crippen LogP contribution in [0.15, 0.2) is 29.5 Å². The van der Waals surface area contributed by atoms with Gasteiger partial charge in [-0.15, -0.1) is 24.0 Å². The molecule has 2 N–H and O–H groups in total. The Kier molecular flexibility index (Phi) is 9.25. The normalized spacial score (nSPS) is 11.0. The third-order valence-electron chi connectivity index (χ3n) is 3.65. The highest BCUT2D eigenvalue weighted by Gasteiger charge is 2.05. The molecule has 25 heavy (non-hydrogen) atoms. The molecule has 0 aliphatic rings. The molecule has 0 saturated heterocycles. The molecular weight excluding hydrogens is 431 g/mol. The molecule has 2 aromatic rings. The maximum absolute atomic E-state index is 5.42. The Morgan fingerprint density at radius 1 is 1.32 bits per heavy atom. The van der Waals surface area contributed by atoms with Gasteiger partial charge in [0.1, 0.15) is 24.4 Å². The van der Waals surface area contributed by atoms with E-state index in [4.69, 9.17) is 4.74 Å². The summed E-state index contributed by atoms with van der Waals surface area (Å²) < 4.78 is 7.15. The van der Waals surface area contributed by atoms with Gasteiger partial charge >= 0.3 is 0 Å². The molecular formula is C17H27IN6O. The van der Waals surface area contributed by atoms with E-state index in [9.17, 15) is 0 Å². The molecule has 0 atom stereocenters. The van der Waals surface area contributed by atoms with E-state index in [0.717, 1.165) is 37.0 Å². The lowest BCUT2D eigenvalue weighted by atomic mass is 10.1. The molecule has 0 unspecified atom stereocenters. The lowest BCUT2D eigenvalue weighted by molar-refractivity contribution is 0.409. The predicted octanol–water partition coefficient (Wildman–Crippen LogP) is 2.05. The molecule has 7 nitrogen and oxygen atoms in total. The maximum atomic E-state index is 5.42. The van der Waals surface area contributed by atoms with Crippen molar-refractivity contribution in [2.45, 2.75) is 26.8 Å². The van der Waals surface area contributed by atoms with Crippen LogP contribution in [-0.2, 0) is 20.0 Å². The summed E-state index contributed by atoms with van der Waals surface area (Å²) in [5, 5.41) is 10.6. The van der Waals surface area contributed by atoms with Crippen LogP contribution in [0.25, 0.3) is 0 Å². The molecule has 0 radical (unpaired) electrons. The zero-order valence-corrected chi connectivity index (χ0v) is 17.6. The number of guanidine groups is 1. The van der Waals surface area contributed by atoms with Crippen molar-refractivity contribution in [1.29, 1.82) is 0 Å². The average Bonchev–Trinajstić information content (AvgIpc) is 2.98. The minimum atomic E-state index is 0. The zero-order valence-electron chi connectivity index (χ0n) is 15.2. The first-order valence-electron chi connectivity index (χ1n) is 8.12. The molecule has 1 aromatic heterocycles. The van der Waals surface area contributed by atoms with Crippen molar-refractivity contribution in [2.24, 2.45) is 12.0 Å². The molecule has 0 amide bonds. The van der Waals surface area contributed by atoms with E-state index in [1.54, 1.807) is 11.8 Å². The number of rotatable bonds is 7. The first kappa shape index (κ1) is 21.2. The second-order valence-corrected chi connectivity index (χ2v) is 5.49. The molecule has 8 heteroatoms. The summed E-state index contributed by atoms with van der Waals surface area (Å²) in [6, 6.07) is 6.23. The summed E-state index contributed by atoms with van der Waals surface area (Å²) in [6.45, 7) is 6.19. The van der Waals surface area contributed by atoms with Crippen LogP contribution in [0.2, 0.25) is 0 Å². The van der Waals surface area contributed by atoms with E-state index in [0.29, 0.717) is 6.54 Å². The summed E-state index contributed by atoms with van der Waals surface area (Å²) in [4.78, 5) is 8.73. The third-order valence-corrected chi connectivity index (χ3v) is 3.65. The fourth-order valence-corrected chi connectivity index (χ4v) is 2.37. The summed E-state index contributed by atoms with van der Waals surface area (Å²) in [5.74, 6) is 2.52. The summed E-state index contributed by atoms with van der Waals surface area (Å²) in [7, 11) is 3.57. The Bertz CT molecular complexity index is 686. The van der Waals surface area contributed by atoms with E-state index in [2.05, 4.69) is 44.8 Å². The molecule has 0 fully saturated rings. The van der Waals surface area contributed by atoms with E-state index in [1.807, 2.05) is 20.0 Å². The molecule has 2 rings (SSSR count). The Morgan fingerprint density at radius 2 is 2.12 bits per heavy atom. The van der Waals surface area contributed by atoms with Gasteiger partial charge in [0.2, 0.25) is 0 Å². The first-order valence-corrected chi connectivity index (χ1v) is 8.12. The van der Waals surface area contributed by atoms with Crippen LogP contribution in [0.1, 0.15) is 23.9 Å². The predicted molar refractivity (Wildman–Crippen MR) is 111 cm³/mol. The number of nitrogens with zero attached hydrogens (tertiary/aromatic N) is 4. The Morgan fingerprint density at radius 3 is 2.76 bits per heavy atom. The van der Waals surface area contributed by atoms with Gasteiger partial charge in [-0.05, 0) is 31.9 Å². The maximum Gasteiger partial charge on any atom is 0.191 e. The smallest absolute Gasteiger partial charge is 0.191 e. The number of hydrogen-bond donors (Lipinski definition) is 2. The van der Waals surface area contributed by atoms with Gasteiger partial charge in [0.15, 0.2) is 5.96 Å². The molecule has 0 saturated carbocycles. The van der Waals surface area contributed by atoms with Gasteiger partial charge in [0.25, 0.3) is 0 Å². The van der Waals surface area contributed by atoms with Crippen molar-refractivity contribution in [2.75, 3.05) is 20.2 Å². The van der Waals surface area contributed by atoms with Crippen LogP contribution < -0.4 is 15.4 Å². The summed E-state index contributed by atoms with van der Waals surface area (Å²) in [6.07, 6.45) is 2.40. The number of benzene rings is 1. The van der Waals surface area contributed by atoms with Gasteiger partial charge < -0.3 is 15.4 Å². The van der Waals surface area contributed by atoms with Crippen molar-refractivity contribution < 1.29 is 4.74 Å². The van der Waals surface area contributed by atoms with Gasteiger partial charge in [-0.3, -0.25) is 4.68 Å². The van der Waals surface area contributed by atoms with Crippen molar-refractivity contribution in [3.05, 3.63) is 41.5 Å². The van der Waals surface area contributed by atoms with Crippen LogP contribution in [-0.4, -0.2) is 40.9 Å². The van der Waals surface area contributed by atoms with Gasteiger partial charge in [-0.25, -0.2) is 9.98 Å². The second kappa shape index (κ2) is 10.9. The topological polar surface area (TPSA) is 76.4 Å². The number of hydrogen-bond acceptors (Lipinski definition) is 4. The number of halogens is 1. The standard InChI is InChI=1S/C17H26N6O.HI/c1-5-18-17(20-11-16-21-12-22-23(16)3)19-9-8-14-10-13(2)6-7-15(14)24-4;/h6-7,10,12H,5,8-9,11H2,1-4H3,(H2,18,19,20);1H. The zero-order chi connectivity index (χ0) is 17.4. The third kappa shape index (κ3) is 6.52. The minimum absolute atomic E-state index is 0. The fourth-order valence-electron chi connectivity index (χ4n) is 2.37. The lowest BCUT2D eigenvalue weighted by Crippen LogP contribution is -2.38. The van der Waals surface area contributed by atoms with E-state index < -0.39 is 0 Å². The number of aryl methyl sites for hydroxylation is 2. The SMILES string of the molecule is CCNC(=NCc1ncnn1C)NCCc1cc(C)ccc1OC.I. The monoisotopic (exact) mass is 458 g/mol. The number of ether oxygens (including phenoxy) is 1. The molecule has 1 heterocycles. The molecule has 1 aromatic carbocycles. The van der Waals surface area contributed by atoms with Crippen LogP contribution in [0.5, 0.6) is 5.75 Å². The second-order valence-electron chi connectivity index (χ2n) is 5.49. The molecule has 138 valence electrons. The number of nitrogens with one attached hydrogen (secondary N) is 2. The summed E-state index contributed by atoms with van der Waals surface area (Å²) in [5.41, 5.74) is 2.42. The number of aliphatic imine (C=N–C) groups is 1. The van der Waals surface area contributed by atoms with Crippen molar-refractivity contribution >= 4 is 29.9 Å². The largest absolute Gasteiger partial charge is 0.496 e. The van der Waals surface area contributed by atoms with Crippen LogP contribution >= 0.6 is 24.0 Å². The Balaban J connectivity index is 0.00000312. The average molecular weight is 458 g/mol. The van der Waals surface area contributed by atoms with Crippen molar-refractivity contribution in [3.63, 3.8) is 0 Å². The van der Waals surface area contributed by atoms with Crippen molar-refractivity contribution in [1.82, 2.24) is 25.4 Å². The van der Waals surface area contributed by atoms with Crippen LogP contribution in [0, 0.1) is 6.92 Å². The van der Waals surface area contributed by atoms with Gasteiger partial charge in [0.05, 0.1) is 7.11 Å². The van der Waals surface area contributed by atoms with Gasteiger partial charge in [0, 0.05) is 20.1 Å². The highest BCUT2D eigenvalue weighted by atomic mass is 127. The molecule has 0 aliphatic heterocycles. The number of methoxy groups -OCH3 is 1. The lowest BCUT2D eigenvalue weighted by Gasteiger charge is -2.13. The quantitative estimate of drug-likeness (QED) is 0.378. The van der Waals surface area contributed by atoms with E-state index in [1.165, 1.54) is 17.5 Å². The van der Waals surface area contributed by atoms with E-state index >= 15 is 0 Å². The van der Waals surface area contributed by atoms with Crippen molar-refractivity contribution in [3.8, 4) is 5.75 Å². The highest BCUT2D eigenvalue weighted by molar-refractivity contribution is 14.0. The van der Waals surface area contributed by atoms with Gasteiger partial charge in [-0.2, -0.15) is 5.10 Å². The summed E-state index contributed by atoms with van der Waals surface area (Å²) >= 11 is 0. The number of aromatic nitrogens is 3. The Labute approximate surface area is 166 Å². The van der Waals surface area contributed by atoms with Crippen LogP contribution in [0.3, 0.4) is 0 Å². The molecule has 0 spiro atoms. The van der Waals surface area contributed by atoms with E-state index in [-0.39, 0.29) is 24.0 Å². The first-order chi connectivity index (χ1) is 11.6. The highest BCUT2D eigenvalue weighted by Crippen LogP contribution is 2.19. The minimum Gasteiger partial charge on any atom is -0.496 e. The fraction of sp³-hybridized carbons (Fsp3) is 0.471. The molecule has 0 bridgehead atoms. The molecule has 0 aliphatic carbocycles.